The van der Waals surface area contributed by atoms with Crippen molar-refractivity contribution >= 4 is 5.97 Å². The summed E-state index contributed by atoms with van der Waals surface area (Å²) >= 11 is 0. The molecule has 0 saturated carbocycles. The van der Waals surface area contributed by atoms with Gasteiger partial charge in [0.1, 0.15) is 0 Å². The number of nitrogens with zero attached hydrogens (tertiary/aromatic N) is 4. The van der Waals surface area contributed by atoms with Gasteiger partial charge < -0.3 is 14.5 Å². The average Bonchev–Trinajstić information content (AvgIpc) is 2.99. The minimum atomic E-state index is -0.694. The van der Waals surface area contributed by atoms with Crippen LogP contribution < -0.4 is 0 Å². The molecule has 2 aliphatic heterocycles. The van der Waals surface area contributed by atoms with E-state index in [1.807, 2.05) is 13.0 Å². The van der Waals surface area contributed by atoms with Crippen LogP contribution in [-0.2, 0) is 11.3 Å². The zero-order valence-electron chi connectivity index (χ0n) is 15.4. The molecule has 2 aliphatic rings. The molecule has 0 aliphatic carbocycles. The summed E-state index contributed by atoms with van der Waals surface area (Å²) in [5.41, 5.74) is 0.907. The number of rotatable bonds is 6. The van der Waals surface area contributed by atoms with Gasteiger partial charge in [-0.2, -0.15) is 0 Å². The quantitative estimate of drug-likeness (QED) is 0.828. The summed E-state index contributed by atoms with van der Waals surface area (Å²) in [6, 6.07) is 2.49. The van der Waals surface area contributed by atoms with Gasteiger partial charge in [0.2, 0.25) is 0 Å². The summed E-state index contributed by atoms with van der Waals surface area (Å²) in [7, 11) is 2.17. The molecule has 0 spiro atoms. The van der Waals surface area contributed by atoms with Crippen molar-refractivity contribution in [2.24, 2.45) is 5.92 Å². The van der Waals surface area contributed by atoms with Crippen LogP contribution in [0.15, 0.2) is 10.6 Å². The predicted molar refractivity (Wildman–Crippen MR) is 94.4 cm³/mol. The lowest BCUT2D eigenvalue weighted by Crippen LogP contribution is -2.56. The molecule has 3 rings (SSSR count). The number of aliphatic carboxylic acids is 1. The Labute approximate surface area is 149 Å². The van der Waals surface area contributed by atoms with Gasteiger partial charge in [-0.25, -0.2) is 0 Å². The Morgan fingerprint density at radius 2 is 2.08 bits per heavy atom. The summed E-state index contributed by atoms with van der Waals surface area (Å²) in [6.07, 6.45) is 2.10. The molecule has 25 heavy (non-hydrogen) atoms. The molecule has 2 saturated heterocycles. The number of piperazine rings is 1. The third-order valence-corrected chi connectivity index (χ3v) is 5.57. The van der Waals surface area contributed by atoms with E-state index in [0.29, 0.717) is 12.0 Å². The minimum Gasteiger partial charge on any atom is -0.481 e. The van der Waals surface area contributed by atoms with Crippen LogP contribution in [0.4, 0.5) is 0 Å². The van der Waals surface area contributed by atoms with Gasteiger partial charge in [-0.3, -0.25) is 14.6 Å². The Morgan fingerprint density at radius 1 is 1.32 bits per heavy atom. The van der Waals surface area contributed by atoms with E-state index in [-0.39, 0.29) is 6.42 Å². The standard InChI is InChI=1S/C18H30N4O3/c1-14-11-16(25-19-14)13-21-6-5-17(15(12-21)3-4-18(23)24)22-9-7-20(2)8-10-22/h11,15,17H,3-10,12-13H2,1-2H3,(H,23,24)/t15-,17+/m0/s1. The smallest absolute Gasteiger partial charge is 0.303 e. The normalized spacial score (nSPS) is 26.8. The van der Waals surface area contributed by atoms with E-state index in [9.17, 15) is 4.79 Å². The maximum absolute atomic E-state index is 11.1. The molecule has 140 valence electrons. The second kappa shape index (κ2) is 8.29. The first-order valence-electron chi connectivity index (χ1n) is 9.30. The lowest BCUT2D eigenvalue weighted by molar-refractivity contribution is -0.137. The topological polar surface area (TPSA) is 73.0 Å². The first kappa shape index (κ1) is 18.4. The Balaban J connectivity index is 1.61. The van der Waals surface area contributed by atoms with Crippen molar-refractivity contribution in [3.63, 3.8) is 0 Å². The third-order valence-electron chi connectivity index (χ3n) is 5.57. The number of hydrogen-bond acceptors (Lipinski definition) is 6. The maximum atomic E-state index is 11.1. The minimum absolute atomic E-state index is 0.254. The lowest BCUT2D eigenvalue weighted by Gasteiger charge is -2.46. The van der Waals surface area contributed by atoms with Crippen LogP contribution in [0, 0.1) is 12.8 Å². The van der Waals surface area contributed by atoms with E-state index in [0.717, 1.165) is 70.1 Å². The number of likely N-dealkylation sites (N-methyl/N-ethyl adjacent to an activating group) is 1. The fourth-order valence-corrected chi connectivity index (χ4v) is 4.18. The zero-order valence-corrected chi connectivity index (χ0v) is 15.4. The molecule has 3 heterocycles. The number of likely N-dealkylation sites (tertiary alicyclic amines) is 1. The Morgan fingerprint density at radius 3 is 2.72 bits per heavy atom. The molecule has 2 atom stereocenters. The molecule has 1 aromatic rings. The van der Waals surface area contributed by atoms with Crippen molar-refractivity contribution < 1.29 is 14.4 Å². The van der Waals surface area contributed by atoms with E-state index in [4.69, 9.17) is 9.63 Å². The first-order chi connectivity index (χ1) is 12.0. The second-order valence-electron chi connectivity index (χ2n) is 7.56. The van der Waals surface area contributed by atoms with Crippen molar-refractivity contribution in [2.75, 3.05) is 46.3 Å². The maximum Gasteiger partial charge on any atom is 0.303 e. The molecule has 7 nitrogen and oxygen atoms in total. The highest BCUT2D eigenvalue weighted by atomic mass is 16.5. The molecule has 7 heteroatoms. The van der Waals surface area contributed by atoms with Crippen molar-refractivity contribution in [1.29, 1.82) is 0 Å². The van der Waals surface area contributed by atoms with Gasteiger partial charge in [0.15, 0.2) is 5.76 Å². The second-order valence-corrected chi connectivity index (χ2v) is 7.56. The molecule has 1 aromatic heterocycles. The van der Waals surface area contributed by atoms with Crippen molar-refractivity contribution in [3.8, 4) is 0 Å². The number of hydrogen-bond donors (Lipinski definition) is 1. The molecular formula is C18H30N4O3. The number of carboxylic acids is 1. The zero-order chi connectivity index (χ0) is 17.8. The summed E-state index contributed by atoms with van der Waals surface area (Å²) in [6.45, 7) is 9.04. The van der Waals surface area contributed by atoms with Crippen LogP contribution in [0.25, 0.3) is 0 Å². The van der Waals surface area contributed by atoms with E-state index in [2.05, 4.69) is 26.9 Å². The summed E-state index contributed by atoms with van der Waals surface area (Å²) in [5.74, 6) is 0.602. The van der Waals surface area contributed by atoms with Gasteiger partial charge in [-0.1, -0.05) is 5.16 Å². The number of aryl methyl sites for hydroxylation is 1. The molecule has 1 N–H and O–H groups in total. The summed E-state index contributed by atoms with van der Waals surface area (Å²) in [5, 5.41) is 13.1. The van der Waals surface area contributed by atoms with E-state index in [1.165, 1.54) is 0 Å². The monoisotopic (exact) mass is 350 g/mol. The van der Waals surface area contributed by atoms with Crippen molar-refractivity contribution in [2.45, 2.75) is 38.8 Å². The van der Waals surface area contributed by atoms with Crippen LogP contribution in [0.1, 0.15) is 30.7 Å². The largest absolute Gasteiger partial charge is 0.481 e. The summed E-state index contributed by atoms with van der Waals surface area (Å²) in [4.78, 5) is 18.4. The van der Waals surface area contributed by atoms with Crippen molar-refractivity contribution in [1.82, 2.24) is 19.9 Å². The average molecular weight is 350 g/mol. The van der Waals surface area contributed by atoms with E-state index < -0.39 is 5.97 Å². The van der Waals surface area contributed by atoms with Crippen LogP contribution >= 0.6 is 0 Å². The van der Waals surface area contributed by atoms with Crippen LogP contribution in [0.3, 0.4) is 0 Å². The summed E-state index contributed by atoms with van der Waals surface area (Å²) < 4.78 is 5.35. The Kier molecular flexibility index (Phi) is 6.09. The lowest BCUT2D eigenvalue weighted by atomic mass is 9.86. The molecule has 0 amide bonds. The van der Waals surface area contributed by atoms with Gasteiger partial charge in [-0.05, 0) is 32.7 Å². The Hall–Kier alpha value is -1.44. The fraction of sp³-hybridized carbons (Fsp3) is 0.778. The van der Waals surface area contributed by atoms with Crippen LogP contribution in [0.2, 0.25) is 0 Å². The number of piperidine rings is 1. The number of carbonyl (C=O) groups is 1. The fourth-order valence-electron chi connectivity index (χ4n) is 4.18. The number of carboxylic acid groups (broad SMARTS) is 1. The van der Waals surface area contributed by atoms with Crippen molar-refractivity contribution in [3.05, 3.63) is 17.5 Å². The number of aromatic nitrogens is 1. The van der Waals surface area contributed by atoms with Gasteiger partial charge in [0.05, 0.1) is 12.2 Å². The molecule has 0 aromatic carbocycles. The molecule has 2 fully saturated rings. The first-order valence-corrected chi connectivity index (χ1v) is 9.30. The molecule has 0 bridgehead atoms. The van der Waals surface area contributed by atoms with E-state index in [1.54, 1.807) is 0 Å². The van der Waals surface area contributed by atoms with E-state index >= 15 is 0 Å². The molecule has 0 unspecified atom stereocenters. The Bertz CT molecular complexity index is 568. The van der Waals surface area contributed by atoms with Gasteiger partial charge in [0.25, 0.3) is 0 Å². The van der Waals surface area contributed by atoms with Crippen LogP contribution in [-0.4, -0.2) is 83.3 Å². The van der Waals surface area contributed by atoms with Gasteiger partial charge in [0, 0.05) is 57.8 Å². The third kappa shape index (κ3) is 5.03. The highest BCUT2D eigenvalue weighted by Gasteiger charge is 2.34. The predicted octanol–water partition coefficient (Wildman–Crippen LogP) is 1.29. The van der Waals surface area contributed by atoms with Gasteiger partial charge in [-0.15, -0.1) is 0 Å². The highest BCUT2D eigenvalue weighted by molar-refractivity contribution is 5.66. The SMILES string of the molecule is Cc1cc(CN2CC[C@@H](N3CCN(C)CC3)[C@@H](CCC(=O)O)C2)on1. The molecule has 0 radical (unpaired) electrons. The van der Waals surface area contributed by atoms with Gasteiger partial charge >= 0.3 is 5.97 Å². The van der Waals surface area contributed by atoms with Crippen LogP contribution in [0.5, 0.6) is 0 Å². The molecular weight excluding hydrogens is 320 g/mol. The highest BCUT2D eigenvalue weighted by Crippen LogP contribution is 2.28.